The predicted octanol–water partition coefficient (Wildman–Crippen LogP) is 2.70. The molecule has 7 heteroatoms. The minimum absolute atomic E-state index is 0.0344. The Bertz CT molecular complexity index is 644. The minimum atomic E-state index is -0.490. The van der Waals surface area contributed by atoms with Crippen LogP contribution in [0.2, 0.25) is 5.02 Å². The summed E-state index contributed by atoms with van der Waals surface area (Å²) in [6.07, 6.45) is -0.282. The number of halogens is 1. The Morgan fingerprint density at radius 3 is 2.36 bits per heavy atom. The number of nitrogens with one attached hydrogen (secondary N) is 1. The maximum atomic E-state index is 12.0. The van der Waals surface area contributed by atoms with E-state index in [0.717, 1.165) is 0 Å². The number of likely N-dealkylation sites (tertiary alicyclic amines) is 1. The van der Waals surface area contributed by atoms with Crippen LogP contribution in [-0.4, -0.2) is 48.2 Å². The average molecular weight is 367 g/mol. The second kappa shape index (κ2) is 6.75. The summed E-state index contributed by atoms with van der Waals surface area (Å²) in [4.78, 5) is 25.7. The Morgan fingerprint density at radius 2 is 1.80 bits per heavy atom. The summed E-state index contributed by atoms with van der Waals surface area (Å²) in [6, 6.07) is 7.00. The zero-order chi connectivity index (χ0) is 18.2. The number of hydrogen-bond acceptors (Lipinski definition) is 4. The molecule has 25 heavy (non-hydrogen) atoms. The maximum absolute atomic E-state index is 12.0. The fourth-order valence-corrected chi connectivity index (χ4v) is 3.25. The van der Waals surface area contributed by atoms with Gasteiger partial charge in [0.2, 0.25) is 0 Å². The van der Waals surface area contributed by atoms with E-state index in [4.69, 9.17) is 21.1 Å². The first kappa shape index (κ1) is 17.9. The van der Waals surface area contributed by atoms with Crippen LogP contribution < -0.4 is 10.1 Å². The average Bonchev–Trinajstić information content (AvgIpc) is 2.95. The summed E-state index contributed by atoms with van der Waals surface area (Å²) in [5, 5.41) is 3.60. The molecule has 1 aromatic rings. The fraction of sp³-hybridized carbons (Fsp3) is 0.556. The van der Waals surface area contributed by atoms with Crippen molar-refractivity contribution < 1.29 is 19.1 Å². The number of ether oxygens (including phenoxy) is 2. The van der Waals surface area contributed by atoms with Crippen LogP contribution >= 0.6 is 11.6 Å². The van der Waals surface area contributed by atoms with Crippen molar-refractivity contribution in [1.82, 2.24) is 10.2 Å². The third-order valence-corrected chi connectivity index (χ3v) is 4.61. The second-order valence-corrected chi connectivity index (χ2v) is 7.99. The first-order chi connectivity index (χ1) is 11.7. The third kappa shape index (κ3) is 4.57. The molecule has 3 rings (SSSR count). The van der Waals surface area contributed by atoms with Gasteiger partial charge in [0.15, 0.2) is 6.61 Å². The van der Waals surface area contributed by atoms with Crippen molar-refractivity contribution >= 4 is 23.6 Å². The molecule has 2 fully saturated rings. The van der Waals surface area contributed by atoms with Gasteiger partial charge >= 0.3 is 6.09 Å². The molecule has 0 unspecified atom stereocenters. The lowest BCUT2D eigenvalue weighted by molar-refractivity contribution is -0.123. The van der Waals surface area contributed by atoms with Gasteiger partial charge in [0, 0.05) is 36.0 Å². The third-order valence-electron chi connectivity index (χ3n) is 4.36. The Labute approximate surface area is 152 Å². The number of fused-ring (bicyclic) bond motifs is 1. The van der Waals surface area contributed by atoms with Gasteiger partial charge in [-0.1, -0.05) is 11.6 Å². The molecule has 1 saturated carbocycles. The van der Waals surface area contributed by atoms with Crippen LogP contribution in [0.15, 0.2) is 24.3 Å². The number of nitrogens with zero attached hydrogens (tertiary/aromatic N) is 1. The zero-order valence-electron chi connectivity index (χ0n) is 14.6. The van der Waals surface area contributed by atoms with Gasteiger partial charge in [0.05, 0.1) is 0 Å². The molecule has 1 N–H and O–H groups in total. The Morgan fingerprint density at radius 1 is 1.20 bits per heavy atom. The summed E-state index contributed by atoms with van der Waals surface area (Å²) in [5.41, 5.74) is -0.490. The van der Waals surface area contributed by atoms with E-state index >= 15 is 0 Å². The van der Waals surface area contributed by atoms with E-state index in [2.05, 4.69) is 5.32 Å². The highest BCUT2D eigenvalue weighted by Gasteiger charge is 2.57. The van der Waals surface area contributed by atoms with Crippen LogP contribution in [0.4, 0.5) is 4.79 Å². The van der Waals surface area contributed by atoms with E-state index in [1.54, 1.807) is 29.2 Å². The lowest BCUT2D eigenvalue weighted by Gasteiger charge is -2.26. The van der Waals surface area contributed by atoms with E-state index in [9.17, 15) is 9.59 Å². The summed E-state index contributed by atoms with van der Waals surface area (Å²) in [7, 11) is 0. The Hall–Kier alpha value is -1.95. The number of carbonyl (C=O) groups is 2. The highest BCUT2D eigenvalue weighted by Crippen LogP contribution is 2.45. The second-order valence-electron chi connectivity index (χ2n) is 7.55. The van der Waals surface area contributed by atoms with E-state index in [1.165, 1.54) is 0 Å². The molecule has 1 aromatic carbocycles. The normalized spacial score (nSPS) is 24.5. The quantitative estimate of drug-likeness (QED) is 0.889. The number of amides is 2. The molecule has 1 aliphatic carbocycles. The van der Waals surface area contributed by atoms with Crippen LogP contribution in [0.25, 0.3) is 0 Å². The lowest BCUT2D eigenvalue weighted by atomic mass is 10.2. The molecule has 3 atom stereocenters. The Kier molecular flexibility index (Phi) is 4.82. The summed E-state index contributed by atoms with van der Waals surface area (Å²) in [6.45, 7) is 6.78. The highest BCUT2D eigenvalue weighted by molar-refractivity contribution is 6.30. The number of hydrogen-bond donors (Lipinski definition) is 1. The molecule has 0 bridgehead atoms. The van der Waals surface area contributed by atoms with Crippen molar-refractivity contribution in [3.05, 3.63) is 29.3 Å². The van der Waals surface area contributed by atoms with E-state index < -0.39 is 5.60 Å². The van der Waals surface area contributed by atoms with Gasteiger partial charge in [0.25, 0.3) is 5.91 Å². The predicted molar refractivity (Wildman–Crippen MR) is 93.7 cm³/mol. The summed E-state index contributed by atoms with van der Waals surface area (Å²) >= 11 is 5.80. The van der Waals surface area contributed by atoms with Gasteiger partial charge in [-0.15, -0.1) is 0 Å². The van der Waals surface area contributed by atoms with Crippen LogP contribution in [0.5, 0.6) is 5.75 Å². The molecule has 2 aliphatic rings. The van der Waals surface area contributed by atoms with E-state index in [-0.39, 0.29) is 24.6 Å². The summed E-state index contributed by atoms with van der Waals surface area (Å²) in [5.74, 6) is 1.07. The van der Waals surface area contributed by atoms with Crippen LogP contribution in [0, 0.1) is 11.8 Å². The fourth-order valence-electron chi connectivity index (χ4n) is 3.12. The van der Waals surface area contributed by atoms with Crippen molar-refractivity contribution in [1.29, 1.82) is 0 Å². The number of rotatable bonds is 4. The topological polar surface area (TPSA) is 67.9 Å². The van der Waals surface area contributed by atoms with Crippen molar-refractivity contribution in [2.75, 3.05) is 19.7 Å². The zero-order valence-corrected chi connectivity index (χ0v) is 15.4. The van der Waals surface area contributed by atoms with E-state index in [0.29, 0.717) is 35.7 Å². The van der Waals surface area contributed by atoms with Crippen molar-refractivity contribution in [3.8, 4) is 5.75 Å². The number of benzene rings is 1. The first-order valence-electron chi connectivity index (χ1n) is 8.38. The molecule has 0 radical (unpaired) electrons. The van der Waals surface area contributed by atoms with Crippen molar-refractivity contribution in [3.63, 3.8) is 0 Å². The molecule has 0 aromatic heterocycles. The molecule has 6 nitrogen and oxygen atoms in total. The van der Waals surface area contributed by atoms with Gasteiger partial charge in [-0.3, -0.25) is 4.79 Å². The number of piperidine rings is 1. The Balaban J connectivity index is 1.38. The van der Waals surface area contributed by atoms with Crippen molar-refractivity contribution in [2.45, 2.75) is 32.4 Å². The monoisotopic (exact) mass is 366 g/mol. The minimum Gasteiger partial charge on any atom is -0.484 e. The molecule has 2 amide bonds. The molecule has 1 saturated heterocycles. The van der Waals surface area contributed by atoms with Gasteiger partial charge in [-0.25, -0.2) is 4.79 Å². The van der Waals surface area contributed by atoms with Crippen LogP contribution in [-0.2, 0) is 9.53 Å². The maximum Gasteiger partial charge on any atom is 0.410 e. The molecular formula is C18H23ClN2O4. The molecule has 1 heterocycles. The van der Waals surface area contributed by atoms with Crippen LogP contribution in [0.1, 0.15) is 20.8 Å². The van der Waals surface area contributed by atoms with Gasteiger partial charge < -0.3 is 19.7 Å². The van der Waals surface area contributed by atoms with Gasteiger partial charge in [-0.2, -0.15) is 0 Å². The standard InChI is InChI=1S/C18H23ClN2O4/c1-18(2,3)25-17(23)21-8-13-14(9-21)16(13)20-15(22)10-24-12-6-4-11(19)5-7-12/h4-7,13-14,16H,8-10H2,1-3H3,(H,20,22)/t13-,14+,16+. The van der Waals surface area contributed by atoms with Crippen LogP contribution in [0.3, 0.4) is 0 Å². The van der Waals surface area contributed by atoms with Crippen molar-refractivity contribution in [2.24, 2.45) is 11.8 Å². The SMILES string of the molecule is CC(C)(C)OC(=O)N1C[C@@H]2[C@H](C1)[C@H]2NC(=O)COc1ccc(Cl)cc1. The molecular weight excluding hydrogens is 344 g/mol. The molecule has 136 valence electrons. The molecule has 0 spiro atoms. The number of carbonyl (C=O) groups excluding carboxylic acids is 2. The lowest BCUT2D eigenvalue weighted by Crippen LogP contribution is -2.41. The largest absolute Gasteiger partial charge is 0.484 e. The molecule has 1 aliphatic heterocycles. The van der Waals surface area contributed by atoms with Gasteiger partial charge in [0.1, 0.15) is 11.4 Å². The van der Waals surface area contributed by atoms with E-state index in [1.807, 2.05) is 20.8 Å². The highest BCUT2D eigenvalue weighted by atomic mass is 35.5. The smallest absolute Gasteiger partial charge is 0.410 e. The first-order valence-corrected chi connectivity index (χ1v) is 8.76. The van der Waals surface area contributed by atoms with Gasteiger partial charge in [-0.05, 0) is 45.0 Å². The summed E-state index contributed by atoms with van der Waals surface area (Å²) < 4.78 is 10.8.